The average Bonchev–Trinajstić information content (AvgIpc) is 3.92. The monoisotopic (exact) mass is 813 g/mol. The van der Waals surface area contributed by atoms with E-state index in [-0.39, 0.29) is 45.9 Å². The molecular weight excluding hydrogens is 763 g/mol. The number of benzene rings is 3. The SMILES string of the molecule is CCSC(SCC)[C@@H]1CCCN1C(=O)c1cc(OC)c(OCCCCOc2ccc(C3=CC(c4cc(OC)c(OC)c(OC)c4)ON3)cc2OC)cc1[N+](=O)[O-]. The van der Waals surface area contributed by atoms with Gasteiger partial charge in [-0.15, -0.1) is 23.5 Å². The number of hydroxylamine groups is 1. The van der Waals surface area contributed by atoms with Gasteiger partial charge in [-0.2, -0.15) is 0 Å². The molecule has 3 aromatic carbocycles. The van der Waals surface area contributed by atoms with Crippen LogP contribution in [0.3, 0.4) is 0 Å². The smallest absolute Gasteiger partial charge is 0.286 e. The summed E-state index contributed by atoms with van der Waals surface area (Å²) in [5, 5.41) is 12.2. The van der Waals surface area contributed by atoms with Crippen LogP contribution < -0.4 is 38.6 Å². The van der Waals surface area contributed by atoms with Crippen LogP contribution in [0.5, 0.6) is 40.2 Å². The Balaban J connectivity index is 1.18. The Morgan fingerprint density at radius 1 is 0.857 bits per heavy atom. The molecule has 16 heteroatoms. The van der Waals surface area contributed by atoms with Crippen molar-refractivity contribution in [3.63, 3.8) is 0 Å². The van der Waals surface area contributed by atoms with Crippen LogP contribution in [0.1, 0.15) is 67.1 Å². The first kappa shape index (κ1) is 42.5. The molecule has 2 heterocycles. The molecule has 0 radical (unpaired) electrons. The quantitative estimate of drug-likeness (QED) is 0.0480. The highest BCUT2D eigenvalue weighted by molar-refractivity contribution is 8.17. The Kier molecular flexibility index (Phi) is 15.5. The fourth-order valence-corrected chi connectivity index (χ4v) is 9.55. The summed E-state index contributed by atoms with van der Waals surface area (Å²) >= 11 is 3.63. The van der Waals surface area contributed by atoms with Gasteiger partial charge >= 0.3 is 0 Å². The molecule has 0 bridgehead atoms. The number of rotatable bonds is 21. The second-order valence-electron chi connectivity index (χ2n) is 12.7. The maximum absolute atomic E-state index is 13.8. The van der Waals surface area contributed by atoms with Crippen molar-refractivity contribution < 1.29 is 47.7 Å². The number of unbranched alkanes of at least 4 members (excludes halogenated alkanes) is 1. The van der Waals surface area contributed by atoms with Crippen LogP contribution in [0, 0.1) is 10.1 Å². The highest BCUT2D eigenvalue weighted by Gasteiger charge is 2.38. The number of hydrogen-bond acceptors (Lipinski definition) is 14. The lowest BCUT2D eigenvalue weighted by atomic mass is 10.0. The number of ether oxygens (including phenoxy) is 7. The molecule has 5 rings (SSSR count). The van der Waals surface area contributed by atoms with Gasteiger partial charge in [0.05, 0.1) is 76.1 Å². The predicted octanol–water partition coefficient (Wildman–Crippen LogP) is 7.93. The molecule has 14 nitrogen and oxygen atoms in total. The zero-order valence-electron chi connectivity index (χ0n) is 32.9. The minimum Gasteiger partial charge on any atom is -0.493 e. The van der Waals surface area contributed by atoms with E-state index in [0.29, 0.717) is 54.7 Å². The number of carbonyl (C=O) groups excluding carboxylic acids is 1. The Labute approximate surface area is 336 Å². The third kappa shape index (κ3) is 9.82. The van der Waals surface area contributed by atoms with E-state index >= 15 is 0 Å². The molecule has 56 heavy (non-hydrogen) atoms. The summed E-state index contributed by atoms with van der Waals surface area (Å²) < 4.78 is 39.9. The molecule has 2 aliphatic heterocycles. The van der Waals surface area contributed by atoms with Crippen LogP contribution in [-0.4, -0.2) is 93.2 Å². The van der Waals surface area contributed by atoms with Crippen molar-refractivity contribution in [1.29, 1.82) is 0 Å². The van der Waals surface area contributed by atoms with Crippen LogP contribution in [0.4, 0.5) is 5.69 Å². The first-order valence-electron chi connectivity index (χ1n) is 18.5. The average molecular weight is 814 g/mol. The van der Waals surface area contributed by atoms with E-state index in [9.17, 15) is 14.9 Å². The van der Waals surface area contributed by atoms with E-state index in [2.05, 4.69) is 19.3 Å². The summed E-state index contributed by atoms with van der Waals surface area (Å²) in [4.78, 5) is 33.2. The molecule has 1 N–H and O–H groups in total. The summed E-state index contributed by atoms with van der Waals surface area (Å²) in [6.07, 6.45) is 4.49. The molecular formula is C40H51N3O11S2. The Morgan fingerprint density at radius 2 is 1.48 bits per heavy atom. The third-order valence-electron chi connectivity index (χ3n) is 9.40. The molecule has 304 valence electrons. The van der Waals surface area contributed by atoms with Crippen molar-refractivity contribution in [3.8, 4) is 40.2 Å². The molecule has 0 spiro atoms. The number of methoxy groups -OCH3 is 5. The van der Waals surface area contributed by atoms with Gasteiger partial charge < -0.3 is 38.1 Å². The summed E-state index contributed by atoms with van der Waals surface area (Å²) in [6, 6.07) is 12.0. The number of hydrogen-bond donors (Lipinski definition) is 1. The van der Waals surface area contributed by atoms with Crippen molar-refractivity contribution in [2.24, 2.45) is 0 Å². The summed E-state index contributed by atoms with van der Waals surface area (Å²) in [7, 11) is 7.72. The van der Waals surface area contributed by atoms with Gasteiger partial charge in [0, 0.05) is 18.2 Å². The number of nitrogens with zero attached hydrogens (tertiary/aromatic N) is 2. The third-order valence-corrected chi connectivity index (χ3v) is 12.2. The molecule has 1 fully saturated rings. The maximum atomic E-state index is 13.8. The number of nitro groups is 1. The van der Waals surface area contributed by atoms with Gasteiger partial charge in [-0.05, 0) is 79.2 Å². The van der Waals surface area contributed by atoms with Gasteiger partial charge in [-0.1, -0.05) is 13.8 Å². The van der Waals surface area contributed by atoms with Crippen molar-refractivity contribution >= 4 is 40.8 Å². The van der Waals surface area contributed by atoms with Gasteiger partial charge in [-0.3, -0.25) is 25.2 Å². The number of nitrogens with one attached hydrogen (secondary N) is 1. The van der Waals surface area contributed by atoms with Crippen molar-refractivity contribution in [2.45, 2.75) is 56.3 Å². The molecule has 1 saturated heterocycles. The lowest BCUT2D eigenvalue weighted by molar-refractivity contribution is -0.385. The molecule has 1 unspecified atom stereocenters. The predicted molar refractivity (Wildman–Crippen MR) is 218 cm³/mol. The molecule has 0 saturated carbocycles. The first-order chi connectivity index (χ1) is 27.2. The molecule has 3 aromatic rings. The maximum Gasteiger partial charge on any atom is 0.286 e. The van der Waals surface area contributed by atoms with Crippen molar-refractivity contribution in [3.05, 3.63) is 75.3 Å². The van der Waals surface area contributed by atoms with Gasteiger partial charge in [0.2, 0.25) is 5.75 Å². The zero-order valence-corrected chi connectivity index (χ0v) is 34.5. The van der Waals surface area contributed by atoms with Crippen LogP contribution >= 0.6 is 23.5 Å². The Bertz CT molecular complexity index is 1830. The van der Waals surface area contributed by atoms with E-state index in [1.807, 2.05) is 59.9 Å². The second kappa shape index (κ2) is 20.5. The topological polar surface area (TPSA) is 149 Å². The molecule has 1 amide bonds. The second-order valence-corrected chi connectivity index (χ2v) is 15.8. The Morgan fingerprint density at radius 3 is 2.07 bits per heavy atom. The van der Waals surface area contributed by atoms with E-state index < -0.39 is 11.0 Å². The summed E-state index contributed by atoms with van der Waals surface area (Å²) in [5.41, 5.74) is 5.11. The largest absolute Gasteiger partial charge is 0.493 e. The molecule has 0 aromatic heterocycles. The number of likely N-dealkylation sites (tertiary alicyclic amines) is 1. The van der Waals surface area contributed by atoms with Gasteiger partial charge in [0.15, 0.2) is 34.5 Å². The first-order valence-corrected chi connectivity index (χ1v) is 20.6. The minimum atomic E-state index is -0.531. The fourth-order valence-electron chi connectivity index (χ4n) is 6.68. The number of nitro benzene ring substituents is 1. The van der Waals surface area contributed by atoms with Crippen molar-refractivity contribution in [2.75, 3.05) is 66.8 Å². The van der Waals surface area contributed by atoms with Crippen molar-refractivity contribution in [1.82, 2.24) is 10.4 Å². The Hall–Kier alpha value is -4.67. The molecule has 2 aliphatic rings. The van der Waals surface area contributed by atoms with Gasteiger partial charge in [0.1, 0.15) is 11.7 Å². The zero-order chi connectivity index (χ0) is 40.2. The lowest BCUT2D eigenvalue weighted by Crippen LogP contribution is -2.41. The van der Waals surface area contributed by atoms with E-state index in [1.54, 1.807) is 33.3 Å². The van der Waals surface area contributed by atoms with E-state index in [4.69, 9.17) is 38.0 Å². The van der Waals surface area contributed by atoms with Crippen LogP contribution in [0.25, 0.3) is 5.70 Å². The standard InChI is InChI=1S/C40H51N3O11S2/c1-8-55-40(56-9-2)29-13-12-16-42(29)39(44)27-22-34(48-4)35(24-30(27)43(45)46)53-18-11-10-17-52-31-15-14-25(19-33(31)47-3)28-23-32(54-41-28)26-20-36(49-5)38(51-7)37(21-26)50-6/h14-15,19-24,29,32,40-41H,8-13,16-18H2,1-7H3/t29-,32?/m0/s1. The molecule has 2 atom stereocenters. The highest BCUT2D eigenvalue weighted by Crippen LogP contribution is 2.43. The minimum absolute atomic E-state index is 0.00443. The van der Waals surface area contributed by atoms with Gasteiger partial charge in [-0.25, -0.2) is 0 Å². The van der Waals surface area contributed by atoms with Crippen LogP contribution in [0.2, 0.25) is 0 Å². The van der Waals surface area contributed by atoms with Gasteiger partial charge in [0.25, 0.3) is 11.6 Å². The van der Waals surface area contributed by atoms with E-state index in [0.717, 1.165) is 41.2 Å². The lowest BCUT2D eigenvalue weighted by Gasteiger charge is -2.31. The number of thioether (sulfide) groups is 2. The number of carbonyl (C=O) groups is 1. The summed E-state index contributed by atoms with van der Waals surface area (Å²) in [5.74, 6) is 4.66. The summed E-state index contributed by atoms with van der Waals surface area (Å²) in [6.45, 7) is 5.40. The normalized spacial score (nSPS) is 16.3. The van der Waals surface area contributed by atoms with Crippen LogP contribution in [-0.2, 0) is 4.84 Å². The molecule has 0 aliphatic carbocycles. The van der Waals surface area contributed by atoms with E-state index in [1.165, 1.54) is 19.2 Å². The van der Waals surface area contributed by atoms with Crippen LogP contribution in [0.15, 0.2) is 48.5 Å². The highest BCUT2D eigenvalue weighted by atomic mass is 32.2. The fraction of sp³-hybridized carbons (Fsp3) is 0.475. The number of amides is 1.